The van der Waals surface area contributed by atoms with Crippen LogP contribution in [-0.4, -0.2) is 17.2 Å². The molecule has 0 atom stereocenters. The van der Waals surface area contributed by atoms with Crippen molar-refractivity contribution >= 4 is 17.4 Å². The van der Waals surface area contributed by atoms with Crippen molar-refractivity contribution in [2.24, 2.45) is 0 Å². The number of ether oxygens (including phenoxy) is 1. The molecule has 1 aromatic heterocycles. The molecule has 0 fully saturated rings. The third kappa shape index (κ3) is 3.51. The lowest BCUT2D eigenvalue weighted by Crippen LogP contribution is -1.95. The van der Waals surface area contributed by atoms with Crippen LogP contribution in [-0.2, 0) is 11.5 Å². The molecule has 0 saturated carbocycles. The molecule has 0 aliphatic rings. The zero-order valence-corrected chi connectivity index (χ0v) is 12.0. The SMILES string of the molecule is COc1ccc(CSCc2cc(C)no2)cc1[N+](=O)[O-]. The standard InChI is InChI=1S/C13H14N2O4S/c1-9-5-11(19-14-9)8-20-7-10-3-4-13(18-2)12(6-10)15(16)17/h3-6H,7-8H2,1-2H3. The molecular formula is C13H14N2O4S. The van der Waals surface area contributed by atoms with Gasteiger partial charge in [-0.3, -0.25) is 10.1 Å². The highest BCUT2D eigenvalue weighted by atomic mass is 32.2. The van der Waals surface area contributed by atoms with Crippen LogP contribution in [0.3, 0.4) is 0 Å². The molecule has 0 spiro atoms. The number of benzene rings is 1. The molecule has 0 amide bonds. The van der Waals surface area contributed by atoms with E-state index in [2.05, 4.69) is 5.16 Å². The first kappa shape index (κ1) is 14.4. The van der Waals surface area contributed by atoms with Gasteiger partial charge in [0.05, 0.1) is 23.5 Å². The van der Waals surface area contributed by atoms with E-state index in [1.54, 1.807) is 17.8 Å². The van der Waals surface area contributed by atoms with E-state index in [-0.39, 0.29) is 11.4 Å². The number of aryl methyl sites for hydroxylation is 1. The summed E-state index contributed by atoms with van der Waals surface area (Å²) in [7, 11) is 1.42. The number of hydrogen-bond donors (Lipinski definition) is 0. The summed E-state index contributed by atoms with van der Waals surface area (Å²) in [6.07, 6.45) is 0. The Balaban J connectivity index is 1.99. The summed E-state index contributed by atoms with van der Waals surface area (Å²) in [5.74, 6) is 2.41. The smallest absolute Gasteiger partial charge is 0.311 e. The molecule has 7 heteroatoms. The molecule has 0 aliphatic heterocycles. The molecule has 0 aliphatic carbocycles. The number of nitrogens with zero attached hydrogens (tertiary/aromatic N) is 2. The van der Waals surface area contributed by atoms with E-state index in [0.29, 0.717) is 11.5 Å². The summed E-state index contributed by atoms with van der Waals surface area (Å²) in [4.78, 5) is 10.5. The Hall–Kier alpha value is -2.02. The Morgan fingerprint density at radius 1 is 1.40 bits per heavy atom. The first-order chi connectivity index (χ1) is 9.60. The van der Waals surface area contributed by atoms with Gasteiger partial charge in [-0.25, -0.2) is 0 Å². The topological polar surface area (TPSA) is 78.4 Å². The largest absolute Gasteiger partial charge is 0.490 e. The van der Waals surface area contributed by atoms with Crippen LogP contribution in [0.15, 0.2) is 28.8 Å². The van der Waals surface area contributed by atoms with Crippen molar-refractivity contribution in [2.45, 2.75) is 18.4 Å². The average molecular weight is 294 g/mol. The molecule has 2 rings (SSSR count). The van der Waals surface area contributed by atoms with E-state index in [4.69, 9.17) is 9.26 Å². The summed E-state index contributed by atoms with van der Waals surface area (Å²) < 4.78 is 10.1. The maximum absolute atomic E-state index is 10.9. The Morgan fingerprint density at radius 2 is 2.20 bits per heavy atom. The van der Waals surface area contributed by atoms with Gasteiger partial charge < -0.3 is 9.26 Å². The van der Waals surface area contributed by atoms with Crippen LogP contribution < -0.4 is 4.74 Å². The molecular weight excluding hydrogens is 280 g/mol. The minimum absolute atomic E-state index is 0.0129. The number of methoxy groups -OCH3 is 1. The maximum atomic E-state index is 10.9. The number of hydrogen-bond acceptors (Lipinski definition) is 6. The van der Waals surface area contributed by atoms with Crippen molar-refractivity contribution in [1.29, 1.82) is 0 Å². The number of aromatic nitrogens is 1. The Kier molecular flexibility index (Phi) is 4.62. The molecule has 0 N–H and O–H groups in total. The van der Waals surface area contributed by atoms with E-state index in [9.17, 15) is 10.1 Å². The predicted molar refractivity (Wildman–Crippen MR) is 75.9 cm³/mol. The first-order valence-corrected chi connectivity index (χ1v) is 7.07. The second-order valence-corrected chi connectivity index (χ2v) is 5.18. The molecule has 1 heterocycles. The van der Waals surface area contributed by atoms with Gasteiger partial charge in [-0.1, -0.05) is 11.2 Å². The first-order valence-electron chi connectivity index (χ1n) is 5.91. The van der Waals surface area contributed by atoms with Crippen molar-refractivity contribution in [3.63, 3.8) is 0 Å². The fourth-order valence-electron chi connectivity index (χ4n) is 1.72. The molecule has 106 valence electrons. The Labute approximate surface area is 120 Å². The molecule has 0 unspecified atom stereocenters. The second-order valence-electron chi connectivity index (χ2n) is 4.19. The number of thioether (sulfide) groups is 1. The fourth-order valence-corrected chi connectivity index (χ4v) is 2.58. The maximum Gasteiger partial charge on any atom is 0.311 e. The molecule has 2 aromatic rings. The van der Waals surface area contributed by atoms with Gasteiger partial charge in [-0.15, -0.1) is 11.8 Å². The van der Waals surface area contributed by atoms with Gasteiger partial charge in [0.1, 0.15) is 5.76 Å². The van der Waals surface area contributed by atoms with Crippen molar-refractivity contribution in [3.8, 4) is 5.75 Å². The predicted octanol–water partition coefficient (Wildman–Crippen LogP) is 3.33. The van der Waals surface area contributed by atoms with Gasteiger partial charge in [-0.05, 0) is 18.6 Å². The van der Waals surface area contributed by atoms with Crippen molar-refractivity contribution in [2.75, 3.05) is 7.11 Å². The minimum Gasteiger partial charge on any atom is -0.490 e. The Bertz CT molecular complexity index is 612. The minimum atomic E-state index is -0.438. The van der Waals surface area contributed by atoms with Crippen LogP contribution in [0.1, 0.15) is 17.0 Å². The monoisotopic (exact) mass is 294 g/mol. The third-order valence-corrected chi connectivity index (χ3v) is 3.66. The number of nitro groups is 1. The second kappa shape index (κ2) is 6.42. The van der Waals surface area contributed by atoms with Crippen molar-refractivity contribution in [3.05, 3.63) is 51.4 Å². The lowest BCUT2D eigenvalue weighted by Gasteiger charge is -2.04. The van der Waals surface area contributed by atoms with E-state index >= 15 is 0 Å². The summed E-state index contributed by atoms with van der Waals surface area (Å²) in [5.41, 5.74) is 1.71. The summed E-state index contributed by atoms with van der Waals surface area (Å²) in [6, 6.07) is 6.86. The average Bonchev–Trinajstić information content (AvgIpc) is 2.84. The number of nitro benzene ring substituents is 1. The van der Waals surface area contributed by atoms with Crippen LogP contribution >= 0.6 is 11.8 Å². The lowest BCUT2D eigenvalue weighted by molar-refractivity contribution is -0.385. The third-order valence-electron chi connectivity index (χ3n) is 2.63. The zero-order valence-electron chi connectivity index (χ0n) is 11.2. The van der Waals surface area contributed by atoms with E-state index in [1.807, 2.05) is 19.1 Å². The quantitative estimate of drug-likeness (QED) is 0.600. The van der Waals surface area contributed by atoms with Gasteiger partial charge in [0, 0.05) is 17.9 Å². The van der Waals surface area contributed by atoms with Crippen LogP contribution in [0.4, 0.5) is 5.69 Å². The van der Waals surface area contributed by atoms with Crippen LogP contribution in [0.5, 0.6) is 5.75 Å². The normalized spacial score (nSPS) is 10.5. The summed E-state index contributed by atoms with van der Waals surface area (Å²) in [6.45, 7) is 1.87. The van der Waals surface area contributed by atoms with Crippen molar-refractivity contribution in [1.82, 2.24) is 5.16 Å². The number of rotatable bonds is 6. The van der Waals surface area contributed by atoms with Crippen LogP contribution in [0, 0.1) is 17.0 Å². The molecule has 20 heavy (non-hydrogen) atoms. The summed E-state index contributed by atoms with van der Waals surface area (Å²) >= 11 is 1.61. The van der Waals surface area contributed by atoms with Crippen LogP contribution in [0.2, 0.25) is 0 Å². The van der Waals surface area contributed by atoms with E-state index in [0.717, 1.165) is 17.0 Å². The summed E-state index contributed by atoms with van der Waals surface area (Å²) in [5, 5.41) is 14.7. The molecule has 6 nitrogen and oxygen atoms in total. The van der Waals surface area contributed by atoms with Gasteiger partial charge in [0.15, 0.2) is 5.75 Å². The highest BCUT2D eigenvalue weighted by Crippen LogP contribution is 2.29. The lowest BCUT2D eigenvalue weighted by atomic mass is 10.2. The van der Waals surface area contributed by atoms with Crippen LogP contribution in [0.25, 0.3) is 0 Å². The fraction of sp³-hybridized carbons (Fsp3) is 0.308. The van der Waals surface area contributed by atoms with Gasteiger partial charge in [-0.2, -0.15) is 0 Å². The van der Waals surface area contributed by atoms with E-state index in [1.165, 1.54) is 13.2 Å². The highest BCUT2D eigenvalue weighted by Gasteiger charge is 2.15. The van der Waals surface area contributed by atoms with Gasteiger partial charge in [0.2, 0.25) is 0 Å². The molecule has 0 radical (unpaired) electrons. The van der Waals surface area contributed by atoms with Crippen molar-refractivity contribution < 1.29 is 14.2 Å². The Morgan fingerprint density at radius 3 is 2.80 bits per heavy atom. The van der Waals surface area contributed by atoms with Gasteiger partial charge in [0.25, 0.3) is 0 Å². The molecule has 0 bridgehead atoms. The van der Waals surface area contributed by atoms with E-state index < -0.39 is 4.92 Å². The highest BCUT2D eigenvalue weighted by molar-refractivity contribution is 7.97. The zero-order chi connectivity index (χ0) is 14.5. The van der Waals surface area contributed by atoms with Gasteiger partial charge >= 0.3 is 5.69 Å². The molecule has 0 saturated heterocycles. The molecule has 1 aromatic carbocycles.